The SMILES string of the molecule is CCOc1ccc(CCC2CCN(c3nccn4nnnc34)CC2)cc1. The molecule has 7 nitrogen and oxygen atoms in total. The van der Waals surface area contributed by atoms with E-state index in [0.29, 0.717) is 6.61 Å². The topological polar surface area (TPSA) is 68.4 Å². The average Bonchev–Trinajstić information content (AvgIpc) is 3.17. The number of piperidine rings is 1. The van der Waals surface area contributed by atoms with Crippen molar-refractivity contribution in [1.29, 1.82) is 0 Å². The molecule has 1 aliphatic heterocycles. The van der Waals surface area contributed by atoms with Gasteiger partial charge in [0.2, 0.25) is 5.65 Å². The highest BCUT2D eigenvalue weighted by Crippen LogP contribution is 2.27. The van der Waals surface area contributed by atoms with E-state index in [2.05, 4.69) is 49.7 Å². The molecule has 0 amide bonds. The summed E-state index contributed by atoms with van der Waals surface area (Å²) in [5, 5.41) is 11.8. The molecule has 0 unspecified atom stereocenters. The molecule has 26 heavy (non-hydrogen) atoms. The van der Waals surface area contributed by atoms with Gasteiger partial charge in [0.25, 0.3) is 0 Å². The first kappa shape index (κ1) is 16.8. The molecule has 0 aliphatic carbocycles. The lowest BCUT2D eigenvalue weighted by atomic mass is 9.90. The van der Waals surface area contributed by atoms with Gasteiger partial charge >= 0.3 is 0 Å². The predicted molar refractivity (Wildman–Crippen MR) is 99.4 cm³/mol. The zero-order chi connectivity index (χ0) is 17.8. The standard InChI is InChI=1S/C19H24N6O/c1-2-26-17-7-5-15(6-8-17)3-4-16-9-12-24(13-10-16)18-19-21-22-23-25(19)14-11-20-18/h5-8,11,14,16H,2-4,9-10,12-13H2,1H3. The number of nitrogens with zero attached hydrogens (tertiary/aromatic N) is 6. The van der Waals surface area contributed by atoms with Crippen molar-refractivity contribution in [3.05, 3.63) is 42.2 Å². The van der Waals surface area contributed by atoms with Gasteiger partial charge in [-0.05, 0) is 66.6 Å². The average molecular weight is 352 g/mol. The van der Waals surface area contributed by atoms with Crippen LogP contribution < -0.4 is 9.64 Å². The van der Waals surface area contributed by atoms with Crippen molar-refractivity contribution >= 4 is 11.5 Å². The maximum atomic E-state index is 5.51. The van der Waals surface area contributed by atoms with Crippen molar-refractivity contribution in [2.45, 2.75) is 32.6 Å². The van der Waals surface area contributed by atoms with Gasteiger partial charge < -0.3 is 9.64 Å². The second kappa shape index (κ2) is 7.68. The maximum Gasteiger partial charge on any atom is 0.221 e. The number of ether oxygens (including phenoxy) is 1. The van der Waals surface area contributed by atoms with Crippen LogP contribution in [0.3, 0.4) is 0 Å². The number of benzene rings is 1. The molecule has 3 heterocycles. The highest BCUT2D eigenvalue weighted by molar-refractivity contribution is 5.62. The van der Waals surface area contributed by atoms with Gasteiger partial charge in [-0.3, -0.25) is 0 Å². The second-order valence-electron chi connectivity index (χ2n) is 6.74. The van der Waals surface area contributed by atoms with E-state index < -0.39 is 0 Å². The van der Waals surface area contributed by atoms with Crippen LogP contribution in [-0.2, 0) is 6.42 Å². The first-order chi connectivity index (χ1) is 12.8. The summed E-state index contributed by atoms with van der Waals surface area (Å²) >= 11 is 0. The zero-order valence-electron chi connectivity index (χ0n) is 15.1. The lowest BCUT2D eigenvalue weighted by Crippen LogP contribution is -2.34. The van der Waals surface area contributed by atoms with Gasteiger partial charge in [0, 0.05) is 19.3 Å². The van der Waals surface area contributed by atoms with E-state index in [1.807, 2.05) is 6.92 Å². The largest absolute Gasteiger partial charge is 0.494 e. The minimum Gasteiger partial charge on any atom is -0.494 e. The van der Waals surface area contributed by atoms with Crippen LogP contribution in [0.1, 0.15) is 31.7 Å². The van der Waals surface area contributed by atoms with Crippen molar-refractivity contribution in [3.8, 4) is 5.75 Å². The molecular formula is C19H24N6O. The molecule has 0 spiro atoms. The van der Waals surface area contributed by atoms with E-state index in [4.69, 9.17) is 4.74 Å². The highest BCUT2D eigenvalue weighted by Gasteiger charge is 2.22. The van der Waals surface area contributed by atoms with Gasteiger partial charge in [-0.15, -0.1) is 5.10 Å². The number of fused-ring (bicyclic) bond motifs is 1. The Kier molecular flexibility index (Phi) is 4.95. The molecule has 4 rings (SSSR count). The van der Waals surface area contributed by atoms with Crippen LogP contribution >= 0.6 is 0 Å². The molecule has 0 N–H and O–H groups in total. The van der Waals surface area contributed by atoms with Crippen molar-refractivity contribution in [3.63, 3.8) is 0 Å². The van der Waals surface area contributed by atoms with E-state index in [1.54, 1.807) is 16.9 Å². The van der Waals surface area contributed by atoms with E-state index in [0.717, 1.165) is 42.6 Å². The number of anilines is 1. The Labute approximate surface area is 153 Å². The van der Waals surface area contributed by atoms with Crippen LogP contribution in [0.4, 0.5) is 5.82 Å². The maximum absolute atomic E-state index is 5.51. The van der Waals surface area contributed by atoms with Gasteiger partial charge in [0.1, 0.15) is 5.75 Å². The molecule has 1 aromatic carbocycles. The lowest BCUT2D eigenvalue weighted by Gasteiger charge is -2.32. The molecule has 0 radical (unpaired) electrons. The fourth-order valence-electron chi connectivity index (χ4n) is 3.61. The van der Waals surface area contributed by atoms with E-state index in [1.165, 1.54) is 24.8 Å². The fraction of sp³-hybridized carbons (Fsp3) is 0.474. The summed E-state index contributed by atoms with van der Waals surface area (Å²) in [5.41, 5.74) is 2.12. The van der Waals surface area contributed by atoms with Crippen LogP contribution in [0.25, 0.3) is 5.65 Å². The molecule has 1 saturated heterocycles. The van der Waals surface area contributed by atoms with Gasteiger partial charge in [-0.25, -0.2) is 4.98 Å². The number of hydrogen-bond donors (Lipinski definition) is 0. The van der Waals surface area contributed by atoms with Gasteiger partial charge in [-0.1, -0.05) is 12.1 Å². The fourth-order valence-corrected chi connectivity index (χ4v) is 3.61. The summed E-state index contributed by atoms with van der Waals surface area (Å²) in [6, 6.07) is 8.51. The molecular weight excluding hydrogens is 328 g/mol. The lowest BCUT2D eigenvalue weighted by molar-refractivity contribution is 0.340. The molecule has 1 aliphatic rings. The summed E-state index contributed by atoms with van der Waals surface area (Å²) in [6.07, 6.45) is 8.26. The van der Waals surface area contributed by atoms with Crippen molar-refractivity contribution in [2.24, 2.45) is 5.92 Å². The minimum atomic E-state index is 0.714. The third-order valence-electron chi connectivity index (χ3n) is 5.09. The summed E-state index contributed by atoms with van der Waals surface area (Å²) in [5.74, 6) is 2.60. The predicted octanol–water partition coefficient (Wildman–Crippen LogP) is 2.77. The Hall–Kier alpha value is -2.70. The smallest absolute Gasteiger partial charge is 0.221 e. The molecule has 0 saturated carbocycles. The van der Waals surface area contributed by atoms with Crippen molar-refractivity contribution in [2.75, 3.05) is 24.6 Å². The summed E-state index contributed by atoms with van der Waals surface area (Å²) < 4.78 is 7.19. The van der Waals surface area contributed by atoms with Gasteiger partial charge in [0.05, 0.1) is 12.8 Å². The normalized spacial score (nSPS) is 15.5. The Morgan fingerprint density at radius 3 is 2.73 bits per heavy atom. The van der Waals surface area contributed by atoms with Crippen LogP contribution in [0.2, 0.25) is 0 Å². The van der Waals surface area contributed by atoms with Crippen LogP contribution in [0.15, 0.2) is 36.7 Å². The molecule has 7 heteroatoms. The number of aromatic nitrogens is 5. The number of rotatable bonds is 6. The molecule has 2 aromatic heterocycles. The summed E-state index contributed by atoms with van der Waals surface area (Å²) in [7, 11) is 0. The molecule has 0 bridgehead atoms. The Morgan fingerprint density at radius 2 is 1.96 bits per heavy atom. The van der Waals surface area contributed by atoms with Gasteiger partial charge in [-0.2, -0.15) is 4.52 Å². The van der Waals surface area contributed by atoms with Crippen molar-refractivity contribution < 1.29 is 4.74 Å². The molecule has 3 aromatic rings. The highest BCUT2D eigenvalue weighted by atomic mass is 16.5. The zero-order valence-corrected chi connectivity index (χ0v) is 15.1. The molecule has 1 fully saturated rings. The third-order valence-corrected chi connectivity index (χ3v) is 5.09. The van der Waals surface area contributed by atoms with E-state index in [9.17, 15) is 0 Å². The monoisotopic (exact) mass is 352 g/mol. The van der Waals surface area contributed by atoms with Gasteiger partial charge in [0.15, 0.2) is 5.82 Å². The van der Waals surface area contributed by atoms with Crippen molar-refractivity contribution in [1.82, 2.24) is 25.0 Å². The van der Waals surface area contributed by atoms with Crippen LogP contribution in [0.5, 0.6) is 5.75 Å². The van der Waals surface area contributed by atoms with Crippen LogP contribution in [-0.4, -0.2) is 44.7 Å². The third kappa shape index (κ3) is 3.61. The number of hydrogen-bond acceptors (Lipinski definition) is 6. The minimum absolute atomic E-state index is 0.714. The first-order valence-corrected chi connectivity index (χ1v) is 9.33. The first-order valence-electron chi connectivity index (χ1n) is 9.33. The number of aryl methyl sites for hydroxylation is 1. The Morgan fingerprint density at radius 1 is 1.15 bits per heavy atom. The van der Waals surface area contributed by atoms with Crippen LogP contribution in [0, 0.1) is 5.92 Å². The molecule has 0 atom stereocenters. The number of tetrazole rings is 1. The van der Waals surface area contributed by atoms with E-state index in [-0.39, 0.29) is 0 Å². The quantitative estimate of drug-likeness (QED) is 0.679. The second-order valence-corrected chi connectivity index (χ2v) is 6.74. The summed E-state index contributed by atoms with van der Waals surface area (Å²) in [6.45, 7) is 4.74. The summed E-state index contributed by atoms with van der Waals surface area (Å²) in [4.78, 5) is 6.80. The van der Waals surface area contributed by atoms with E-state index >= 15 is 0 Å². The molecule has 136 valence electrons. The Balaban J connectivity index is 1.30. The Bertz CT molecular complexity index is 839.